The number of hydrogen-bond acceptors (Lipinski definition) is 6. The highest BCUT2D eigenvalue weighted by Crippen LogP contribution is 2.18. The van der Waals surface area contributed by atoms with E-state index in [1.165, 1.54) is 6.39 Å². The molecule has 32 heavy (non-hydrogen) atoms. The lowest BCUT2D eigenvalue weighted by Crippen LogP contribution is -2.51. The van der Waals surface area contributed by atoms with Crippen LogP contribution in [-0.2, 0) is 9.59 Å². The van der Waals surface area contributed by atoms with Crippen molar-refractivity contribution >= 4 is 23.4 Å². The first-order chi connectivity index (χ1) is 15.5. The molecule has 3 aromatic rings. The van der Waals surface area contributed by atoms with Crippen LogP contribution in [0.25, 0.3) is 11.4 Å². The van der Waals surface area contributed by atoms with Gasteiger partial charge in [-0.1, -0.05) is 23.4 Å². The molecule has 0 bridgehead atoms. The second-order valence-corrected chi connectivity index (χ2v) is 7.55. The summed E-state index contributed by atoms with van der Waals surface area (Å²) in [4.78, 5) is 44.9. The lowest BCUT2D eigenvalue weighted by Gasteiger charge is -2.35. The lowest BCUT2D eigenvalue weighted by molar-refractivity contribution is -0.135. The highest BCUT2D eigenvalue weighted by atomic mass is 16.5. The van der Waals surface area contributed by atoms with Crippen molar-refractivity contribution in [3.05, 3.63) is 66.1 Å². The number of carbonyl (C=O) groups excluding carboxylic acids is 3. The number of aromatic nitrogens is 2. The molecular weight excluding hydrogens is 410 g/mol. The summed E-state index contributed by atoms with van der Waals surface area (Å²) in [5, 5.41) is 6.48. The third-order valence-electron chi connectivity index (χ3n) is 5.40. The van der Waals surface area contributed by atoms with Gasteiger partial charge in [-0.05, 0) is 42.8 Å². The van der Waals surface area contributed by atoms with Gasteiger partial charge < -0.3 is 19.6 Å². The van der Waals surface area contributed by atoms with E-state index in [0.29, 0.717) is 43.3 Å². The maximum absolute atomic E-state index is 12.7. The molecule has 0 spiro atoms. The second-order valence-electron chi connectivity index (χ2n) is 7.55. The number of piperazine rings is 1. The van der Waals surface area contributed by atoms with Gasteiger partial charge in [-0.15, -0.1) is 0 Å². The van der Waals surface area contributed by atoms with Gasteiger partial charge in [0.2, 0.25) is 24.0 Å². The SMILES string of the molecule is Cc1ccccc1C(=O)N1CCN(C(=O)CC(=O)Nc2ccc(-c3ncon3)cc2)CC1. The fraction of sp³-hybridized carbons (Fsp3) is 0.261. The summed E-state index contributed by atoms with van der Waals surface area (Å²) in [7, 11) is 0. The van der Waals surface area contributed by atoms with E-state index in [1.54, 1.807) is 34.1 Å². The molecule has 9 heteroatoms. The summed E-state index contributed by atoms with van der Waals surface area (Å²) in [5.41, 5.74) is 2.93. The summed E-state index contributed by atoms with van der Waals surface area (Å²) in [6.07, 6.45) is 0.993. The Bertz CT molecular complexity index is 1100. The predicted octanol–water partition coefficient (Wildman–Crippen LogP) is 2.36. The van der Waals surface area contributed by atoms with Crippen LogP contribution in [0.5, 0.6) is 0 Å². The van der Waals surface area contributed by atoms with E-state index in [0.717, 1.165) is 11.1 Å². The van der Waals surface area contributed by atoms with Crippen molar-refractivity contribution in [2.24, 2.45) is 0 Å². The molecule has 0 aliphatic carbocycles. The predicted molar refractivity (Wildman–Crippen MR) is 117 cm³/mol. The molecule has 0 atom stereocenters. The fourth-order valence-corrected chi connectivity index (χ4v) is 3.60. The summed E-state index contributed by atoms with van der Waals surface area (Å²) < 4.78 is 4.72. The van der Waals surface area contributed by atoms with Crippen LogP contribution >= 0.6 is 0 Å². The van der Waals surface area contributed by atoms with Crippen LogP contribution in [0.3, 0.4) is 0 Å². The maximum Gasteiger partial charge on any atom is 0.254 e. The Morgan fingerprint density at radius 1 is 0.969 bits per heavy atom. The second kappa shape index (κ2) is 9.42. The fourth-order valence-electron chi connectivity index (χ4n) is 3.60. The van der Waals surface area contributed by atoms with Gasteiger partial charge in [-0.3, -0.25) is 14.4 Å². The van der Waals surface area contributed by atoms with Gasteiger partial charge in [-0.25, -0.2) is 0 Å². The molecule has 1 N–H and O–H groups in total. The monoisotopic (exact) mass is 433 g/mol. The molecule has 2 aromatic carbocycles. The molecule has 2 heterocycles. The van der Waals surface area contributed by atoms with Crippen molar-refractivity contribution in [1.29, 1.82) is 0 Å². The number of benzene rings is 2. The minimum atomic E-state index is -0.388. The molecule has 0 unspecified atom stereocenters. The Morgan fingerprint density at radius 3 is 2.31 bits per heavy atom. The zero-order chi connectivity index (χ0) is 22.5. The average molecular weight is 433 g/mol. The van der Waals surface area contributed by atoms with E-state index in [4.69, 9.17) is 4.52 Å². The molecule has 164 valence electrons. The molecule has 1 aliphatic rings. The number of aryl methyl sites for hydroxylation is 1. The lowest BCUT2D eigenvalue weighted by atomic mass is 10.1. The van der Waals surface area contributed by atoms with Crippen LogP contribution in [0.4, 0.5) is 5.69 Å². The highest BCUT2D eigenvalue weighted by Gasteiger charge is 2.26. The number of anilines is 1. The van der Waals surface area contributed by atoms with E-state index in [-0.39, 0.29) is 24.1 Å². The Kier molecular flexibility index (Phi) is 6.25. The van der Waals surface area contributed by atoms with Gasteiger partial charge in [0, 0.05) is 43.0 Å². The van der Waals surface area contributed by atoms with E-state index < -0.39 is 0 Å². The smallest absolute Gasteiger partial charge is 0.254 e. The molecule has 3 amide bonds. The maximum atomic E-state index is 12.7. The summed E-state index contributed by atoms with van der Waals surface area (Å²) in [5.74, 6) is -0.218. The summed E-state index contributed by atoms with van der Waals surface area (Å²) >= 11 is 0. The van der Waals surface area contributed by atoms with Gasteiger partial charge in [0.05, 0.1) is 0 Å². The molecule has 1 saturated heterocycles. The Labute approximate surface area is 185 Å². The number of carbonyl (C=O) groups is 3. The molecular formula is C23H23N5O4. The van der Waals surface area contributed by atoms with Crippen molar-refractivity contribution in [3.8, 4) is 11.4 Å². The summed E-state index contributed by atoms with van der Waals surface area (Å²) in [6, 6.07) is 14.4. The van der Waals surface area contributed by atoms with Crippen LogP contribution in [-0.4, -0.2) is 63.8 Å². The number of amides is 3. The Hall–Kier alpha value is -4.01. The van der Waals surface area contributed by atoms with E-state index >= 15 is 0 Å². The molecule has 1 fully saturated rings. The van der Waals surface area contributed by atoms with Crippen LogP contribution in [0.15, 0.2) is 59.4 Å². The Morgan fingerprint density at radius 2 is 1.66 bits per heavy atom. The largest absolute Gasteiger partial charge is 0.342 e. The van der Waals surface area contributed by atoms with Crippen LogP contribution in [0.2, 0.25) is 0 Å². The molecule has 4 rings (SSSR count). The van der Waals surface area contributed by atoms with Crippen molar-refractivity contribution in [2.45, 2.75) is 13.3 Å². The van der Waals surface area contributed by atoms with Crippen LogP contribution in [0, 0.1) is 6.92 Å². The highest BCUT2D eigenvalue weighted by molar-refractivity contribution is 6.03. The number of rotatable bonds is 5. The number of hydrogen-bond donors (Lipinski definition) is 1. The number of nitrogens with one attached hydrogen (secondary N) is 1. The number of nitrogens with zero attached hydrogens (tertiary/aromatic N) is 4. The standard InChI is InChI=1S/C23H23N5O4/c1-16-4-2-3-5-19(16)23(31)28-12-10-27(11-13-28)21(30)14-20(29)25-18-8-6-17(7-9-18)22-24-15-32-26-22/h2-9,15H,10-14H2,1H3,(H,25,29). The van der Waals surface area contributed by atoms with Gasteiger partial charge >= 0.3 is 0 Å². The van der Waals surface area contributed by atoms with E-state index in [2.05, 4.69) is 15.5 Å². The molecule has 1 aliphatic heterocycles. The quantitative estimate of drug-likeness (QED) is 0.619. The van der Waals surface area contributed by atoms with Crippen LogP contribution < -0.4 is 5.32 Å². The molecule has 0 saturated carbocycles. The van der Waals surface area contributed by atoms with Crippen molar-refractivity contribution < 1.29 is 18.9 Å². The van der Waals surface area contributed by atoms with Crippen LogP contribution in [0.1, 0.15) is 22.3 Å². The van der Waals surface area contributed by atoms with Gasteiger partial charge in [-0.2, -0.15) is 4.98 Å². The van der Waals surface area contributed by atoms with Crippen molar-refractivity contribution in [1.82, 2.24) is 19.9 Å². The van der Waals surface area contributed by atoms with E-state index in [9.17, 15) is 14.4 Å². The van der Waals surface area contributed by atoms with Gasteiger partial charge in [0.1, 0.15) is 6.42 Å². The zero-order valence-electron chi connectivity index (χ0n) is 17.7. The van der Waals surface area contributed by atoms with Crippen molar-refractivity contribution in [3.63, 3.8) is 0 Å². The third-order valence-corrected chi connectivity index (χ3v) is 5.40. The first kappa shape index (κ1) is 21.2. The normalized spacial score (nSPS) is 13.7. The summed E-state index contributed by atoms with van der Waals surface area (Å²) in [6.45, 7) is 3.60. The molecule has 9 nitrogen and oxygen atoms in total. The van der Waals surface area contributed by atoms with Gasteiger partial charge in [0.15, 0.2) is 0 Å². The van der Waals surface area contributed by atoms with E-state index in [1.807, 2.05) is 31.2 Å². The minimum absolute atomic E-state index is 0.0304. The zero-order valence-corrected chi connectivity index (χ0v) is 17.7. The first-order valence-corrected chi connectivity index (χ1v) is 10.3. The topological polar surface area (TPSA) is 109 Å². The first-order valence-electron chi connectivity index (χ1n) is 10.3. The Balaban J connectivity index is 1.26. The molecule has 1 aromatic heterocycles. The molecule has 0 radical (unpaired) electrons. The average Bonchev–Trinajstić information content (AvgIpc) is 3.34. The third kappa shape index (κ3) is 4.83. The van der Waals surface area contributed by atoms with Crippen molar-refractivity contribution in [2.75, 3.05) is 31.5 Å². The van der Waals surface area contributed by atoms with Gasteiger partial charge in [0.25, 0.3) is 5.91 Å². The minimum Gasteiger partial charge on any atom is -0.342 e.